The van der Waals surface area contributed by atoms with Gasteiger partial charge < -0.3 is 13.1 Å². The molecule has 6 nitrogen and oxygen atoms in total. The Bertz CT molecular complexity index is 174. The maximum absolute atomic E-state index is 10.7. The Morgan fingerprint density at radius 3 is 2.73 bits per heavy atom. The van der Waals surface area contributed by atoms with Crippen molar-refractivity contribution in [2.24, 2.45) is 5.73 Å². The summed E-state index contributed by atoms with van der Waals surface area (Å²) in [6.45, 7) is 0.102. The lowest BCUT2D eigenvalue weighted by molar-refractivity contribution is -1.63. The van der Waals surface area contributed by atoms with Crippen LogP contribution in [0.5, 0.6) is 0 Å². The normalized spacial score (nSPS) is 31.1. The topological polar surface area (TPSA) is 108 Å². The number of nitrogens with two attached hydrogens (primary N) is 1. The fourth-order valence-electron chi connectivity index (χ4n) is 0.702. The number of carbonyl (C=O) groups excluding carboxylic acids is 1. The summed E-state index contributed by atoms with van der Waals surface area (Å²) in [5, 5.41) is 0. The highest BCUT2D eigenvalue weighted by Crippen LogP contribution is 2.19. The summed E-state index contributed by atoms with van der Waals surface area (Å²) < 4.78 is 28.8. The van der Waals surface area contributed by atoms with Gasteiger partial charge in [-0.25, -0.2) is 4.79 Å². The number of carbonyl (C=O) groups is 1. The molecule has 0 aliphatic carbocycles. The lowest BCUT2D eigenvalue weighted by Crippen LogP contribution is -2.53. The number of hydrogen-bond acceptors (Lipinski definition) is 6. The van der Waals surface area contributed by atoms with Crippen LogP contribution in [-0.2, 0) is 13.4 Å². The van der Waals surface area contributed by atoms with Gasteiger partial charge in [-0.3, -0.25) is 5.73 Å². The molecular formula is C4H6BrNO5. The minimum absolute atomic E-state index is 0.0745. The van der Waals surface area contributed by atoms with Gasteiger partial charge in [-0.15, -0.1) is 0 Å². The first-order chi connectivity index (χ1) is 5.04. The summed E-state index contributed by atoms with van der Waals surface area (Å²) in [6, 6.07) is 0. The van der Waals surface area contributed by atoms with Gasteiger partial charge in [-0.2, -0.15) is 0 Å². The Kier molecular flexibility index (Phi) is 2.45. The summed E-state index contributed by atoms with van der Waals surface area (Å²) in [5.74, 6) is -0.827. The van der Waals surface area contributed by atoms with E-state index in [0.717, 1.165) is 0 Å². The van der Waals surface area contributed by atoms with Gasteiger partial charge in [0.1, 0.15) is 0 Å². The lowest BCUT2D eigenvalue weighted by Gasteiger charge is -2.08. The van der Waals surface area contributed by atoms with Crippen molar-refractivity contribution in [3.63, 3.8) is 0 Å². The number of rotatable bonds is 2. The number of hydrogen-bond donors (Lipinski definition) is 1. The molecule has 7 heteroatoms. The zero-order valence-electron chi connectivity index (χ0n) is 5.41. The average molecular weight is 228 g/mol. The maximum atomic E-state index is 10.7. The Balaban J connectivity index is 2.58. The van der Waals surface area contributed by atoms with Crippen LogP contribution >= 0.6 is 0 Å². The van der Waals surface area contributed by atoms with Crippen LogP contribution in [0.4, 0.5) is 0 Å². The molecule has 11 heavy (non-hydrogen) atoms. The summed E-state index contributed by atoms with van der Waals surface area (Å²) in [7, 11) is 0. The molecule has 0 aromatic heterocycles. The highest BCUT2D eigenvalue weighted by molar-refractivity contribution is 5.80. The second kappa shape index (κ2) is 3.03. The van der Waals surface area contributed by atoms with E-state index >= 15 is 0 Å². The van der Waals surface area contributed by atoms with Crippen molar-refractivity contribution in [2.45, 2.75) is 12.1 Å². The molecule has 1 aliphatic heterocycles. The molecule has 0 radical (unpaired) electrons. The number of cyclic esters (lactones) is 1. The quantitative estimate of drug-likeness (QED) is 0.391. The molecule has 0 amide bonds. The van der Waals surface area contributed by atoms with Crippen LogP contribution < -0.4 is 14.1 Å². The number of esters is 1. The molecule has 0 saturated carbocycles. The molecule has 0 aromatic carbocycles. The third-order valence-electron chi connectivity index (χ3n) is 1.25. The molecule has 1 saturated heterocycles. The Morgan fingerprint density at radius 1 is 1.73 bits per heavy atom. The Hall–Kier alpha value is -0.210. The van der Waals surface area contributed by atoms with Crippen molar-refractivity contribution in [1.29, 1.82) is 0 Å². The van der Waals surface area contributed by atoms with Crippen LogP contribution in [-0.4, -0.2) is 18.3 Å². The van der Waals surface area contributed by atoms with E-state index in [2.05, 4.69) is 8.57 Å². The van der Waals surface area contributed by atoms with Gasteiger partial charge in [0, 0.05) is 10.2 Å². The summed E-state index contributed by atoms with van der Waals surface area (Å²) in [5.41, 5.74) is 3.47. The molecule has 1 heterocycles. The average Bonchev–Trinajstić information content (AvgIpc) is 2.11. The predicted molar refractivity (Wildman–Crippen MR) is 23.6 cm³/mol. The molecule has 1 rings (SSSR count). The van der Waals surface area contributed by atoms with Gasteiger partial charge in [-0.05, 0) is 0 Å². The van der Waals surface area contributed by atoms with Crippen LogP contribution in [0.2, 0.25) is 0 Å². The summed E-state index contributed by atoms with van der Waals surface area (Å²) in [4.78, 5) is 10.7. The molecule has 2 N–H and O–H groups in total. The SMILES string of the molecule is NC1(O[Br+2]([O-])[O-])CCOC1=O. The summed E-state index contributed by atoms with van der Waals surface area (Å²) in [6.07, 6.45) is 0.0745. The van der Waals surface area contributed by atoms with Crippen molar-refractivity contribution in [3.8, 4) is 0 Å². The van der Waals surface area contributed by atoms with E-state index in [1.165, 1.54) is 0 Å². The zero-order valence-corrected chi connectivity index (χ0v) is 7.00. The first-order valence-electron chi connectivity index (χ1n) is 2.76. The third-order valence-corrected chi connectivity index (χ3v) is 2.09. The van der Waals surface area contributed by atoms with Crippen molar-refractivity contribution in [1.82, 2.24) is 0 Å². The van der Waals surface area contributed by atoms with E-state index in [0.29, 0.717) is 0 Å². The van der Waals surface area contributed by atoms with Gasteiger partial charge in [0.25, 0.3) is 0 Å². The van der Waals surface area contributed by atoms with E-state index in [-0.39, 0.29) is 13.0 Å². The second-order valence-electron chi connectivity index (χ2n) is 2.04. The minimum atomic E-state index is -3.45. The molecule has 64 valence electrons. The molecular weight excluding hydrogens is 222 g/mol. The Morgan fingerprint density at radius 2 is 2.36 bits per heavy atom. The smallest absolute Gasteiger partial charge is 0.439 e. The van der Waals surface area contributed by atoms with Crippen LogP contribution in [0, 0.1) is 14.8 Å². The van der Waals surface area contributed by atoms with Crippen LogP contribution in [0.25, 0.3) is 0 Å². The van der Waals surface area contributed by atoms with E-state index in [4.69, 9.17) is 5.73 Å². The molecule has 0 bridgehead atoms. The maximum Gasteiger partial charge on any atom is 0.439 e. The van der Waals surface area contributed by atoms with E-state index in [9.17, 15) is 13.2 Å². The number of halogens is 1. The fourth-order valence-corrected chi connectivity index (χ4v) is 1.47. The van der Waals surface area contributed by atoms with Gasteiger partial charge in [0.15, 0.2) is 0 Å². The highest BCUT2D eigenvalue weighted by atomic mass is 80.0. The van der Waals surface area contributed by atoms with Gasteiger partial charge in [0.05, 0.1) is 6.61 Å². The first-order valence-corrected chi connectivity index (χ1v) is 4.70. The minimum Gasteiger partial charge on any atom is -0.462 e. The fraction of sp³-hybridized carbons (Fsp3) is 0.750. The zero-order chi connectivity index (χ0) is 8.48. The van der Waals surface area contributed by atoms with Crippen LogP contribution in [0.15, 0.2) is 0 Å². The molecule has 1 atom stereocenters. The largest absolute Gasteiger partial charge is 0.462 e. The van der Waals surface area contributed by atoms with Crippen molar-refractivity contribution < 1.29 is 36.6 Å². The Labute approximate surface area is 67.7 Å². The van der Waals surface area contributed by atoms with Crippen molar-refractivity contribution in [2.75, 3.05) is 6.61 Å². The van der Waals surface area contributed by atoms with Gasteiger partial charge in [-0.1, -0.05) is 0 Å². The molecule has 1 unspecified atom stereocenters. The van der Waals surface area contributed by atoms with Gasteiger partial charge >= 0.3 is 26.5 Å². The van der Waals surface area contributed by atoms with Crippen LogP contribution in [0.1, 0.15) is 6.42 Å². The highest BCUT2D eigenvalue weighted by Gasteiger charge is 2.51. The molecule has 0 spiro atoms. The predicted octanol–water partition coefficient (Wildman–Crippen LogP) is -3.31. The molecule has 1 aliphatic rings. The monoisotopic (exact) mass is 227 g/mol. The van der Waals surface area contributed by atoms with Crippen molar-refractivity contribution >= 4 is 5.97 Å². The lowest BCUT2D eigenvalue weighted by atomic mass is 10.2. The van der Waals surface area contributed by atoms with E-state index in [1.807, 2.05) is 0 Å². The molecule has 0 aromatic rings. The number of ether oxygens (including phenoxy) is 1. The van der Waals surface area contributed by atoms with Crippen LogP contribution in [0.3, 0.4) is 0 Å². The standard InChI is InChI=1S/C4H6BrNO5/c6-4(11-5(8)9)1-2-10-3(4)7/h1-2,6H2. The molecule has 1 fully saturated rings. The van der Waals surface area contributed by atoms with Gasteiger partial charge in [0.2, 0.25) is 0 Å². The van der Waals surface area contributed by atoms with Crippen molar-refractivity contribution in [3.05, 3.63) is 0 Å². The van der Waals surface area contributed by atoms with E-state index < -0.39 is 26.5 Å². The third kappa shape index (κ3) is 1.88. The summed E-state index contributed by atoms with van der Waals surface area (Å²) >= 11 is -3.45. The second-order valence-corrected chi connectivity index (χ2v) is 3.16. The van der Waals surface area contributed by atoms with E-state index in [1.54, 1.807) is 0 Å². The first kappa shape index (κ1) is 8.88.